The van der Waals surface area contributed by atoms with Crippen molar-refractivity contribution in [2.24, 2.45) is 11.3 Å². The van der Waals surface area contributed by atoms with Crippen LogP contribution in [0.2, 0.25) is 0 Å². The largest absolute Gasteiger partial charge is 0.492 e. The van der Waals surface area contributed by atoms with Crippen LogP contribution >= 0.6 is 0 Å². The van der Waals surface area contributed by atoms with E-state index < -0.39 is 0 Å². The molecule has 1 unspecified atom stereocenters. The average Bonchev–Trinajstić information content (AvgIpc) is 2.29. The van der Waals surface area contributed by atoms with Gasteiger partial charge in [0, 0.05) is 6.54 Å². The van der Waals surface area contributed by atoms with Crippen LogP contribution in [0.5, 0.6) is 5.75 Å². The van der Waals surface area contributed by atoms with E-state index in [0.29, 0.717) is 23.6 Å². The Kier molecular flexibility index (Phi) is 4.88. The monoisotopic (exact) mass is 250 g/mol. The topological polar surface area (TPSA) is 47.3 Å². The Balaban J connectivity index is 2.71. The number of hydrogen-bond donors (Lipinski definition) is 2. The van der Waals surface area contributed by atoms with Gasteiger partial charge in [-0.05, 0) is 30.4 Å². The molecule has 1 rings (SSSR count). The lowest BCUT2D eigenvalue weighted by atomic mass is 9.82. The molecule has 18 heavy (non-hydrogen) atoms. The Morgan fingerprint density at radius 3 is 2.56 bits per heavy atom. The first-order valence-corrected chi connectivity index (χ1v) is 6.61. The molecule has 0 aliphatic heterocycles. The molecule has 1 aromatic carbocycles. The number of ether oxygens (including phenoxy) is 1. The molecule has 3 heteroatoms. The van der Waals surface area contributed by atoms with E-state index in [1.54, 1.807) is 0 Å². The molecular formula is C15H26N2O. The lowest BCUT2D eigenvalue weighted by Gasteiger charge is -2.28. The van der Waals surface area contributed by atoms with Crippen LogP contribution in [-0.2, 0) is 0 Å². The first-order chi connectivity index (χ1) is 8.36. The van der Waals surface area contributed by atoms with E-state index >= 15 is 0 Å². The fourth-order valence-corrected chi connectivity index (χ4v) is 1.55. The molecule has 1 atom stereocenters. The van der Waals surface area contributed by atoms with E-state index in [0.717, 1.165) is 18.0 Å². The van der Waals surface area contributed by atoms with Gasteiger partial charge in [0.2, 0.25) is 0 Å². The van der Waals surface area contributed by atoms with Gasteiger partial charge in [0.1, 0.15) is 5.75 Å². The molecule has 0 heterocycles. The summed E-state index contributed by atoms with van der Waals surface area (Å²) in [6.07, 6.45) is 0. The van der Waals surface area contributed by atoms with Gasteiger partial charge in [-0.25, -0.2) is 0 Å². The highest BCUT2D eigenvalue weighted by Gasteiger charge is 2.19. The Morgan fingerprint density at radius 1 is 1.33 bits per heavy atom. The highest BCUT2D eigenvalue weighted by Crippen LogP contribution is 2.31. The summed E-state index contributed by atoms with van der Waals surface area (Å²) in [5, 5.41) is 3.41. The molecule has 0 bridgehead atoms. The predicted molar refractivity (Wildman–Crippen MR) is 79.1 cm³/mol. The van der Waals surface area contributed by atoms with Crippen molar-refractivity contribution in [1.82, 2.24) is 0 Å². The zero-order valence-corrected chi connectivity index (χ0v) is 12.2. The SMILES string of the molecule is CCOc1cccc(NCC(C)C(C)(C)C)c1N. The van der Waals surface area contributed by atoms with Crippen LogP contribution in [-0.4, -0.2) is 13.2 Å². The zero-order chi connectivity index (χ0) is 13.8. The zero-order valence-electron chi connectivity index (χ0n) is 12.2. The summed E-state index contributed by atoms with van der Waals surface area (Å²) in [6.45, 7) is 12.5. The molecule has 102 valence electrons. The second kappa shape index (κ2) is 5.98. The van der Waals surface area contributed by atoms with Gasteiger partial charge < -0.3 is 15.8 Å². The molecular weight excluding hydrogens is 224 g/mol. The molecule has 0 aliphatic carbocycles. The van der Waals surface area contributed by atoms with Crippen molar-refractivity contribution in [2.75, 3.05) is 24.2 Å². The Morgan fingerprint density at radius 2 is 2.00 bits per heavy atom. The van der Waals surface area contributed by atoms with Gasteiger partial charge in [0.05, 0.1) is 18.0 Å². The number of benzene rings is 1. The minimum Gasteiger partial charge on any atom is -0.492 e. The number of para-hydroxylation sites is 1. The molecule has 1 aromatic rings. The smallest absolute Gasteiger partial charge is 0.144 e. The summed E-state index contributed by atoms with van der Waals surface area (Å²) in [6, 6.07) is 5.86. The summed E-state index contributed by atoms with van der Waals surface area (Å²) in [5.41, 5.74) is 8.02. The van der Waals surface area contributed by atoms with Crippen molar-refractivity contribution in [3.8, 4) is 5.75 Å². The van der Waals surface area contributed by atoms with Crippen LogP contribution in [0.3, 0.4) is 0 Å². The van der Waals surface area contributed by atoms with Gasteiger partial charge >= 0.3 is 0 Å². The standard InChI is InChI=1S/C15H26N2O/c1-6-18-13-9-7-8-12(14(13)16)17-10-11(2)15(3,4)5/h7-9,11,17H,6,10,16H2,1-5H3. The van der Waals surface area contributed by atoms with E-state index in [4.69, 9.17) is 10.5 Å². The predicted octanol–water partition coefficient (Wildman–Crippen LogP) is 3.76. The third-order valence-corrected chi connectivity index (χ3v) is 3.44. The molecule has 0 saturated carbocycles. The Hall–Kier alpha value is -1.38. The Labute approximate surface area is 111 Å². The molecule has 0 saturated heterocycles. The van der Waals surface area contributed by atoms with Gasteiger partial charge in [-0.1, -0.05) is 33.8 Å². The third kappa shape index (κ3) is 3.83. The van der Waals surface area contributed by atoms with Crippen molar-refractivity contribution in [3.05, 3.63) is 18.2 Å². The normalized spacial score (nSPS) is 13.2. The molecule has 3 nitrogen and oxygen atoms in total. The summed E-state index contributed by atoms with van der Waals surface area (Å²) < 4.78 is 5.49. The quantitative estimate of drug-likeness (QED) is 0.782. The third-order valence-electron chi connectivity index (χ3n) is 3.44. The fraction of sp³-hybridized carbons (Fsp3) is 0.600. The molecule has 3 N–H and O–H groups in total. The van der Waals surface area contributed by atoms with Gasteiger partial charge in [-0.15, -0.1) is 0 Å². The first kappa shape index (κ1) is 14.7. The average molecular weight is 250 g/mol. The Bertz CT molecular complexity index is 383. The van der Waals surface area contributed by atoms with Crippen molar-refractivity contribution in [3.63, 3.8) is 0 Å². The maximum atomic E-state index is 6.08. The van der Waals surface area contributed by atoms with Gasteiger partial charge in [0.15, 0.2) is 0 Å². The molecule has 0 aliphatic rings. The van der Waals surface area contributed by atoms with E-state index in [2.05, 4.69) is 33.0 Å². The number of nitrogen functional groups attached to an aromatic ring is 1. The molecule has 0 spiro atoms. The summed E-state index contributed by atoms with van der Waals surface area (Å²) >= 11 is 0. The lowest BCUT2D eigenvalue weighted by Crippen LogP contribution is -2.25. The number of anilines is 2. The number of nitrogens with two attached hydrogens (primary N) is 1. The van der Waals surface area contributed by atoms with Crippen LogP contribution in [0.25, 0.3) is 0 Å². The van der Waals surface area contributed by atoms with Crippen LogP contribution < -0.4 is 15.8 Å². The number of nitrogens with one attached hydrogen (secondary N) is 1. The van der Waals surface area contributed by atoms with Crippen LogP contribution in [0.15, 0.2) is 18.2 Å². The van der Waals surface area contributed by atoms with Gasteiger partial charge in [-0.3, -0.25) is 0 Å². The van der Waals surface area contributed by atoms with Crippen molar-refractivity contribution < 1.29 is 4.74 Å². The van der Waals surface area contributed by atoms with E-state index in [1.165, 1.54) is 0 Å². The highest BCUT2D eigenvalue weighted by molar-refractivity contribution is 5.72. The molecule has 0 radical (unpaired) electrons. The van der Waals surface area contributed by atoms with Crippen LogP contribution in [0, 0.1) is 11.3 Å². The molecule has 0 amide bonds. The molecule has 0 fully saturated rings. The maximum absolute atomic E-state index is 6.08. The summed E-state index contributed by atoms with van der Waals surface area (Å²) in [5.74, 6) is 1.32. The summed E-state index contributed by atoms with van der Waals surface area (Å²) in [4.78, 5) is 0. The highest BCUT2D eigenvalue weighted by atomic mass is 16.5. The van der Waals surface area contributed by atoms with Crippen LogP contribution in [0.4, 0.5) is 11.4 Å². The number of hydrogen-bond acceptors (Lipinski definition) is 3. The van der Waals surface area contributed by atoms with Crippen molar-refractivity contribution >= 4 is 11.4 Å². The summed E-state index contributed by atoms with van der Waals surface area (Å²) in [7, 11) is 0. The molecule has 0 aromatic heterocycles. The minimum absolute atomic E-state index is 0.291. The lowest BCUT2D eigenvalue weighted by molar-refractivity contribution is 0.274. The van der Waals surface area contributed by atoms with Crippen LogP contribution in [0.1, 0.15) is 34.6 Å². The van der Waals surface area contributed by atoms with Gasteiger partial charge in [0.25, 0.3) is 0 Å². The second-order valence-corrected chi connectivity index (χ2v) is 5.80. The maximum Gasteiger partial charge on any atom is 0.144 e. The second-order valence-electron chi connectivity index (χ2n) is 5.80. The first-order valence-electron chi connectivity index (χ1n) is 6.61. The van der Waals surface area contributed by atoms with Crippen molar-refractivity contribution in [2.45, 2.75) is 34.6 Å². The van der Waals surface area contributed by atoms with E-state index in [9.17, 15) is 0 Å². The van der Waals surface area contributed by atoms with E-state index in [-0.39, 0.29) is 0 Å². The van der Waals surface area contributed by atoms with Crippen molar-refractivity contribution in [1.29, 1.82) is 0 Å². The minimum atomic E-state index is 0.291. The van der Waals surface area contributed by atoms with Gasteiger partial charge in [-0.2, -0.15) is 0 Å². The number of rotatable bonds is 5. The van der Waals surface area contributed by atoms with E-state index in [1.807, 2.05) is 25.1 Å². The fourth-order valence-electron chi connectivity index (χ4n) is 1.55.